The van der Waals surface area contributed by atoms with Crippen molar-refractivity contribution in [3.63, 3.8) is 0 Å². The Balaban J connectivity index is 1.67. The van der Waals surface area contributed by atoms with Gasteiger partial charge in [0.1, 0.15) is 6.61 Å². The molecule has 0 spiro atoms. The second-order valence-corrected chi connectivity index (χ2v) is 9.93. The van der Waals surface area contributed by atoms with Crippen molar-refractivity contribution >= 4 is 17.6 Å². The predicted molar refractivity (Wildman–Crippen MR) is 155 cm³/mol. The van der Waals surface area contributed by atoms with E-state index in [9.17, 15) is 29.9 Å². The van der Waals surface area contributed by atoms with Gasteiger partial charge >= 0.3 is 17.6 Å². The minimum Gasteiger partial charge on any atom is -0.482 e. The van der Waals surface area contributed by atoms with E-state index in [1.54, 1.807) is 30.3 Å². The van der Waals surface area contributed by atoms with Crippen molar-refractivity contribution in [2.24, 2.45) is 0 Å². The van der Waals surface area contributed by atoms with Gasteiger partial charge in [0, 0.05) is 11.6 Å². The van der Waals surface area contributed by atoms with E-state index < -0.39 is 22.3 Å². The molecule has 0 heterocycles. The van der Waals surface area contributed by atoms with Crippen LogP contribution in [0.4, 0.5) is 5.69 Å². The number of carbonyl (C=O) groups is 2. The molecule has 5 aromatic carbocycles. The van der Waals surface area contributed by atoms with Crippen molar-refractivity contribution < 1.29 is 29.5 Å². The van der Waals surface area contributed by atoms with Gasteiger partial charge in [-0.05, 0) is 63.7 Å². The van der Waals surface area contributed by atoms with Crippen molar-refractivity contribution in [1.29, 1.82) is 0 Å². The van der Waals surface area contributed by atoms with Crippen LogP contribution in [0.5, 0.6) is 5.75 Å². The second kappa shape index (κ2) is 10.3. The molecule has 5 aromatic rings. The first-order valence-electron chi connectivity index (χ1n) is 13.1. The molecule has 2 N–H and O–H groups in total. The van der Waals surface area contributed by atoms with Gasteiger partial charge in [0.05, 0.1) is 21.5 Å². The number of nitro groups is 1. The van der Waals surface area contributed by atoms with Crippen LogP contribution in [-0.4, -0.2) is 27.1 Å². The summed E-state index contributed by atoms with van der Waals surface area (Å²) in [7, 11) is 0. The Bertz CT molecular complexity index is 1790. The van der Waals surface area contributed by atoms with Crippen molar-refractivity contribution in [1.82, 2.24) is 0 Å². The largest absolute Gasteiger partial charge is 0.482 e. The number of carboxylic acids is 2. The highest BCUT2D eigenvalue weighted by Gasteiger charge is 2.48. The first-order valence-corrected chi connectivity index (χ1v) is 13.1. The summed E-state index contributed by atoms with van der Waals surface area (Å²) >= 11 is 0. The van der Waals surface area contributed by atoms with Gasteiger partial charge in [-0.3, -0.25) is 10.1 Å². The Kier molecular flexibility index (Phi) is 6.51. The Hall–Kier alpha value is -5.76. The summed E-state index contributed by atoms with van der Waals surface area (Å²) in [6, 6.07) is 33.0. The summed E-state index contributed by atoms with van der Waals surface area (Å²) in [4.78, 5) is 35.2. The predicted octanol–water partition coefficient (Wildman–Crippen LogP) is 6.93. The normalized spacial score (nSPS) is 12.7. The minimum absolute atomic E-state index is 0.105. The van der Waals surface area contributed by atoms with E-state index in [2.05, 4.69) is 0 Å². The topological polar surface area (TPSA) is 127 Å². The molecule has 206 valence electrons. The van der Waals surface area contributed by atoms with Gasteiger partial charge < -0.3 is 14.9 Å². The highest BCUT2D eigenvalue weighted by atomic mass is 16.6. The van der Waals surface area contributed by atoms with E-state index >= 15 is 0 Å². The summed E-state index contributed by atoms with van der Waals surface area (Å²) in [6.45, 7) is 0.105. The Labute approximate surface area is 240 Å². The average Bonchev–Trinajstić information content (AvgIpc) is 3.31. The number of hydrogen-bond donors (Lipinski definition) is 2. The quantitative estimate of drug-likeness (QED) is 0.153. The monoisotopic (exact) mass is 557 g/mol. The van der Waals surface area contributed by atoms with Gasteiger partial charge in [-0.25, -0.2) is 9.59 Å². The van der Waals surface area contributed by atoms with Crippen LogP contribution in [-0.2, 0) is 12.0 Å². The first-order chi connectivity index (χ1) is 20.3. The molecule has 8 nitrogen and oxygen atoms in total. The van der Waals surface area contributed by atoms with Gasteiger partial charge in [0.25, 0.3) is 0 Å². The molecule has 0 unspecified atom stereocenters. The van der Waals surface area contributed by atoms with Crippen LogP contribution in [0.15, 0.2) is 115 Å². The maximum Gasteiger partial charge on any atom is 0.335 e. The van der Waals surface area contributed by atoms with Crippen LogP contribution in [0.25, 0.3) is 11.1 Å². The molecule has 0 amide bonds. The Morgan fingerprint density at radius 3 is 1.79 bits per heavy atom. The number of nitro benzene ring substituents is 1. The first kappa shape index (κ1) is 26.5. The Morgan fingerprint density at radius 2 is 1.24 bits per heavy atom. The Morgan fingerprint density at radius 1 is 0.690 bits per heavy atom. The lowest BCUT2D eigenvalue weighted by molar-refractivity contribution is -0.385. The molecule has 0 saturated carbocycles. The molecule has 0 aliphatic heterocycles. The van der Waals surface area contributed by atoms with Crippen molar-refractivity contribution in [3.05, 3.63) is 164 Å². The molecule has 1 aliphatic rings. The number of hydrogen-bond acceptors (Lipinski definition) is 5. The van der Waals surface area contributed by atoms with E-state index in [-0.39, 0.29) is 29.2 Å². The number of carboxylic acid groups (broad SMARTS) is 2. The highest BCUT2D eigenvalue weighted by Crippen LogP contribution is 2.60. The highest BCUT2D eigenvalue weighted by molar-refractivity contribution is 5.93. The summed E-state index contributed by atoms with van der Waals surface area (Å²) in [5, 5.41) is 31.4. The summed E-state index contributed by atoms with van der Waals surface area (Å²) in [5.74, 6) is -2.01. The summed E-state index contributed by atoms with van der Waals surface area (Å²) in [6.07, 6.45) is 0. The maximum atomic E-state index is 12.3. The second-order valence-electron chi connectivity index (χ2n) is 9.93. The molecular formula is C34H23NO7. The fourth-order valence-corrected chi connectivity index (χ4v) is 5.86. The van der Waals surface area contributed by atoms with Crippen molar-refractivity contribution in [3.8, 4) is 16.9 Å². The van der Waals surface area contributed by atoms with Crippen LogP contribution < -0.4 is 4.74 Å². The summed E-state index contributed by atoms with van der Waals surface area (Å²) < 4.78 is 6.25. The zero-order valence-electron chi connectivity index (χ0n) is 22.1. The lowest BCUT2D eigenvalue weighted by atomic mass is 9.67. The number of benzene rings is 5. The van der Waals surface area contributed by atoms with Gasteiger partial charge in [-0.2, -0.15) is 0 Å². The fourth-order valence-electron chi connectivity index (χ4n) is 5.86. The number of ether oxygens (including phenoxy) is 1. The van der Waals surface area contributed by atoms with Crippen LogP contribution >= 0.6 is 0 Å². The average molecular weight is 558 g/mol. The van der Waals surface area contributed by atoms with E-state index in [1.165, 1.54) is 30.3 Å². The van der Waals surface area contributed by atoms with Crippen LogP contribution in [0, 0.1) is 10.1 Å². The van der Waals surface area contributed by atoms with Gasteiger partial charge in [-0.1, -0.05) is 78.9 Å². The zero-order valence-corrected chi connectivity index (χ0v) is 22.1. The molecule has 0 fully saturated rings. The molecule has 0 aromatic heterocycles. The smallest absolute Gasteiger partial charge is 0.335 e. The minimum atomic E-state index is -1.07. The molecule has 0 saturated heterocycles. The van der Waals surface area contributed by atoms with Crippen molar-refractivity contribution in [2.75, 3.05) is 0 Å². The van der Waals surface area contributed by atoms with E-state index in [4.69, 9.17) is 4.74 Å². The van der Waals surface area contributed by atoms with Crippen LogP contribution in [0.1, 0.15) is 48.5 Å². The lowest BCUT2D eigenvalue weighted by Gasteiger charge is -2.34. The van der Waals surface area contributed by atoms with Gasteiger partial charge in [0.15, 0.2) is 0 Å². The zero-order chi connectivity index (χ0) is 29.4. The van der Waals surface area contributed by atoms with Crippen LogP contribution in [0.3, 0.4) is 0 Å². The van der Waals surface area contributed by atoms with Crippen molar-refractivity contribution in [2.45, 2.75) is 12.0 Å². The number of nitrogens with zero attached hydrogens (tertiary/aromatic N) is 1. The number of fused-ring (bicyclic) bond motifs is 3. The lowest BCUT2D eigenvalue weighted by Crippen LogP contribution is -2.28. The standard InChI is InChI=1S/C34H23NO7/c36-32(37)22-10-14-24(15-11-22)34(25-16-12-23(13-17-25)33(38)39)27-9-5-4-8-26(27)30-28(34)18-19-29(35(40)41)31(30)42-20-21-6-2-1-3-7-21/h1-19H,20H2,(H,36,37)(H,38,39). The third kappa shape index (κ3) is 4.17. The van der Waals surface area contributed by atoms with Gasteiger partial charge in [-0.15, -0.1) is 0 Å². The maximum absolute atomic E-state index is 12.3. The van der Waals surface area contributed by atoms with Gasteiger partial charge in [0.2, 0.25) is 5.75 Å². The van der Waals surface area contributed by atoms with E-state index in [1.807, 2.05) is 54.6 Å². The third-order valence-corrected chi connectivity index (χ3v) is 7.69. The SMILES string of the molecule is O=C(O)c1ccc(C2(c3ccc(C(=O)O)cc3)c3ccccc3-c3c2ccc([N+](=O)[O-])c3OCc2ccccc2)cc1. The summed E-state index contributed by atoms with van der Waals surface area (Å²) in [5.41, 5.74) is 4.03. The van der Waals surface area contributed by atoms with E-state index in [0.29, 0.717) is 22.3 Å². The molecule has 0 radical (unpaired) electrons. The molecule has 42 heavy (non-hydrogen) atoms. The fraction of sp³-hybridized carbons (Fsp3) is 0.0588. The number of rotatable bonds is 8. The molecule has 6 rings (SSSR count). The number of aromatic carboxylic acids is 2. The van der Waals surface area contributed by atoms with E-state index in [0.717, 1.165) is 16.7 Å². The molecular weight excluding hydrogens is 534 g/mol. The molecule has 0 bridgehead atoms. The molecule has 1 aliphatic carbocycles. The molecule has 0 atom stereocenters. The third-order valence-electron chi connectivity index (χ3n) is 7.69. The van der Waals surface area contributed by atoms with Crippen LogP contribution in [0.2, 0.25) is 0 Å². The molecule has 8 heteroatoms.